The summed E-state index contributed by atoms with van der Waals surface area (Å²) in [4.78, 5) is 2.38. The summed E-state index contributed by atoms with van der Waals surface area (Å²) in [5, 5.41) is 40.9. The molecule has 1 fully saturated rings. The maximum atomic E-state index is 10.8. The van der Waals surface area contributed by atoms with E-state index in [1.54, 1.807) is 17.4 Å². The van der Waals surface area contributed by atoms with Crippen LogP contribution in [0.15, 0.2) is 60.7 Å². The SMILES string of the molecule is COC1(c2ccc(C)c(Cc3ccc(-c4ccccc4)s3)c2)OC(CO)C(O)C(O)C1O. The van der Waals surface area contributed by atoms with Gasteiger partial charge in [0.05, 0.1) is 6.61 Å². The van der Waals surface area contributed by atoms with Gasteiger partial charge in [0.2, 0.25) is 5.79 Å². The lowest BCUT2D eigenvalue weighted by atomic mass is 9.86. The van der Waals surface area contributed by atoms with E-state index in [1.165, 1.54) is 22.4 Å². The zero-order valence-corrected chi connectivity index (χ0v) is 18.8. The van der Waals surface area contributed by atoms with Gasteiger partial charge in [-0.3, -0.25) is 0 Å². The molecule has 3 aromatic rings. The van der Waals surface area contributed by atoms with Crippen molar-refractivity contribution < 1.29 is 29.9 Å². The minimum atomic E-state index is -1.71. The van der Waals surface area contributed by atoms with Gasteiger partial charge in [-0.05, 0) is 41.8 Å². The van der Waals surface area contributed by atoms with E-state index in [0.29, 0.717) is 12.0 Å². The third-order valence-electron chi connectivity index (χ3n) is 6.09. The number of ether oxygens (including phenoxy) is 2. The van der Waals surface area contributed by atoms with Crippen LogP contribution in [0.1, 0.15) is 21.6 Å². The summed E-state index contributed by atoms with van der Waals surface area (Å²) in [6.45, 7) is 1.49. The molecule has 2 aromatic carbocycles. The Morgan fingerprint density at radius 1 is 1.00 bits per heavy atom. The number of hydrogen-bond acceptors (Lipinski definition) is 7. The summed E-state index contributed by atoms with van der Waals surface area (Å²) >= 11 is 1.72. The van der Waals surface area contributed by atoms with Crippen molar-refractivity contribution in [3.05, 3.63) is 82.2 Å². The van der Waals surface area contributed by atoms with Gasteiger partial charge < -0.3 is 29.9 Å². The molecule has 0 spiro atoms. The monoisotopic (exact) mass is 456 g/mol. The summed E-state index contributed by atoms with van der Waals surface area (Å²) in [5.41, 5.74) is 3.78. The Bertz CT molecular complexity index is 1050. The van der Waals surface area contributed by atoms with Crippen LogP contribution < -0.4 is 0 Å². The van der Waals surface area contributed by atoms with Gasteiger partial charge in [0.15, 0.2) is 0 Å². The standard InChI is InChI=1S/C25H28O6S/c1-15-8-9-18(25(30-2)24(29)23(28)22(27)20(14-26)31-25)12-17(15)13-19-10-11-21(32-19)16-6-4-3-5-7-16/h3-12,20,22-24,26-29H,13-14H2,1-2H3. The Morgan fingerprint density at radius 2 is 1.75 bits per heavy atom. The highest BCUT2D eigenvalue weighted by atomic mass is 32.1. The fourth-order valence-corrected chi connectivity index (χ4v) is 5.20. The molecule has 0 saturated carbocycles. The van der Waals surface area contributed by atoms with Crippen LogP contribution >= 0.6 is 11.3 Å². The van der Waals surface area contributed by atoms with Crippen LogP contribution in [0.5, 0.6) is 0 Å². The quantitative estimate of drug-likeness (QED) is 0.455. The summed E-state index contributed by atoms with van der Waals surface area (Å²) in [6.07, 6.45) is -4.90. The van der Waals surface area contributed by atoms with Gasteiger partial charge in [-0.2, -0.15) is 0 Å². The van der Waals surface area contributed by atoms with Crippen LogP contribution in [-0.4, -0.2) is 58.6 Å². The maximum Gasteiger partial charge on any atom is 0.224 e. The molecule has 0 radical (unpaired) electrons. The molecule has 2 heterocycles. The molecule has 7 heteroatoms. The average molecular weight is 457 g/mol. The number of methoxy groups -OCH3 is 1. The lowest BCUT2D eigenvalue weighted by Gasteiger charge is -2.47. The van der Waals surface area contributed by atoms with Crippen molar-refractivity contribution in [2.45, 2.75) is 43.5 Å². The third-order valence-corrected chi connectivity index (χ3v) is 7.22. The van der Waals surface area contributed by atoms with Crippen LogP contribution in [0.25, 0.3) is 10.4 Å². The highest BCUT2D eigenvalue weighted by molar-refractivity contribution is 7.15. The Kier molecular flexibility index (Phi) is 6.78. The molecule has 1 saturated heterocycles. The molecule has 4 rings (SSSR count). The molecule has 1 aliphatic heterocycles. The van der Waals surface area contributed by atoms with Crippen molar-refractivity contribution in [2.24, 2.45) is 0 Å². The number of aliphatic hydroxyl groups is 4. The van der Waals surface area contributed by atoms with E-state index in [1.807, 2.05) is 37.3 Å². The Hall–Kier alpha value is -2.10. The van der Waals surface area contributed by atoms with Crippen LogP contribution in [0, 0.1) is 6.92 Å². The number of hydrogen-bond donors (Lipinski definition) is 4. The molecule has 0 bridgehead atoms. The first kappa shape index (κ1) is 23.1. The number of thiophene rings is 1. The zero-order valence-electron chi connectivity index (χ0n) is 18.0. The highest BCUT2D eigenvalue weighted by Crippen LogP contribution is 2.40. The maximum absolute atomic E-state index is 10.8. The van der Waals surface area contributed by atoms with E-state index < -0.39 is 36.8 Å². The van der Waals surface area contributed by atoms with E-state index >= 15 is 0 Å². The largest absolute Gasteiger partial charge is 0.394 e. The van der Waals surface area contributed by atoms with Gasteiger partial charge in [0.25, 0.3) is 0 Å². The first-order valence-corrected chi connectivity index (χ1v) is 11.3. The topological polar surface area (TPSA) is 99.4 Å². The van der Waals surface area contributed by atoms with Crippen molar-refractivity contribution in [2.75, 3.05) is 13.7 Å². The van der Waals surface area contributed by atoms with Gasteiger partial charge in [-0.25, -0.2) is 0 Å². The van der Waals surface area contributed by atoms with E-state index in [-0.39, 0.29) is 0 Å². The molecule has 32 heavy (non-hydrogen) atoms. The summed E-state index contributed by atoms with van der Waals surface area (Å²) < 4.78 is 11.4. The molecule has 5 unspecified atom stereocenters. The average Bonchev–Trinajstić information content (AvgIpc) is 3.29. The predicted molar refractivity (Wildman–Crippen MR) is 122 cm³/mol. The van der Waals surface area contributed by atoms with Crippen LogP contribution in [0.2, 0.25) is 0 Å². The van der Waals surface area contributed by atoms with E-state index in [9.17, 15) is 20.4 Å². The number of aliphatic hydroxyl groups excluding tert-OH is 4. The zero-order chi connectivity index (χ0) is 22.9. The minimum absolute atomic E-state index is 0.511. The fourth-order valence-electron chi connectivity index (χ4n) is 4.16. The molecule has 1 aliphatic rings. The lowest BCUT2D eigenvalue weighted by molar-refractivity contribution is -0.366. The second kappa shape index (κ2) is 9.41. The van der Waals surface area contributed by atoms with Crippen LogP contribution in [0.4, 0.5) is 0 Å². The number of rotatable bonds is 6. The Morgan fingerprint density at radius 3 is 2.44 bits per heavy atom. The van der Waals surface area contributed by atoms with Crippen molar-refractivity contribution in [1.82, 2.24) is 0 Å². The van der Waals surface area contributed by atoms with Gasteiger partial charge in [0, 0.05) is 28.8 Å². The van der Waals surface area contributed by atoms with Crippen molar-refractivity contribution in [3.8, 4) is 10.4 Å². The molecular formula is C25H28O6S. The molecule has 5 atom stereocenters. The molecule has 4 N–H and O–H groups in total. The summed E-state index contributed by atoms with van der Waals surface area (Å²) in [5.74, 6) is -1.71. The lowest BCUT2D eigenvalue weighted by Crippen LogP contribution is -2.64. The second-order valence-corrected chi connectivity index (χ2v) is 9.25. The van der Waals surface area contributed by atoms with Gasteiger partial charge >= 0.3 is 0 Å². The molecule has 6 nitrogen and oxygen atoms in total. The number of aryl methyl sites for hydroxylation is 1. The molecule has 170 valence electrons. The minimum Gasteiger partial charge on any atom is -0.394 e. The van der Waals surface area contributed by atoms with Gasteiger partial charge in [0.1, 0.15) is 24.4 Å². The van der Waals surface area contributed by atoms with Crippen molar-refractivity contribution in [3.63, 3.8) is 0 Å². The highest BCUT2D eigenvalue weighted by Gasteiger charge is 2.55. The van der Waals surface area contributed by atoms with Crippen molar-refractivity contribution >= 4 is 11.3 Å². The van der Waals surface area contributed by atoms with Gasteiger partial charge in [-0.1, -0.05) is 42.5 Å². The molecule has 0 aliphatic carbocycles. The normalized spacial score (nSPS) is 28.1. The third kappa shape index (κ3) is 4.13. The second-order valence-electron chi connectivity index (χ2n) is 8.09. The predicted octanol–water partition coefficient (Wildman–Crippen LogP) is 2.59. The first-order chi connectivity index (χ1) is 15.4. The molecular weight excluding hydrogens is 428 g/mol. The van der Waals surface area contributed by atoms with Crippen LogP contribution in [-0.2, 0) is 21.7 Å². The number of benzene rings is 2. The molecule has 0 amide bonds. The fraction of sp³-hybridized carbons (Fsp3) is 0.360. The molecule has 1 aromatic heterocycles. The summed E-state index contributed by atoms with van der Waals surface area (Å²) in [6, 6.07) is 20.0. The first-order valence-electron chi connectivity index (χ1n) is 10.5. The van der Waals surface area contributed by atoms with E-state index in [2.05, 4.69) is 24.3 Å². The van der Waals surface area contributed by atoms with E-state index in [4.69, 9.17) is 9.47 Å². The summed E-state index contributed by atoms with van der Waals surface area (Å²) in [7, 11) is 1.37. The van der Waals surface area contributed by atoms with Crippen molar-refractivity contribution in [1.29, 1.82) is 0 Å². The Balaban J connectivity index is 1.66. The van der Waals surface area contributed by atoms with Gasteiger partial charge in [-0.15, -0.1) is 11.3 Å². The van der Waals surface area contributed by atoms with Crippen LogP contribution in [0.3, 0.4) is 0 Å². The smallest absolute Gasteiger partial charge is 0.224 e. The Labute approximate surface area is 191 Å². The van der Waals surface area contributed by atoms with E-state index in [0.717, 1.165) is 11.1 Å².